The molecule has 0 spiro atoms. The van der Waals surface area contributed by atoms with Crippen LogP contribution in [0.15, 0.2) is 36.5 Å². The molecule has 1 fully saturated rings. The van der Waals surface area contributed by atoms with Gasteiger partial charge in [-0.25, -0.2) is 4.68 Å². The Morgan fingerprint density at radius 3 is 2.73 bits per heavy atom. The number of piperidine rings is 1. The smallest absolute Gasteiger partial charge is 0.273 e. The molecule has 3 rings (SSSR count). The lowest BCUT2D eigenvalue weighted by atomic mass is 10.0. The molecule has 1 amide bonds. The van der Waals surface area contributed by atoms with Crippen LogP contribution in [0.25, 0.3) is 0 Å². The van der Waals surface area contributed by atoms with Crippen molar-refractivity contribution in [3.63, 3.8) is 0 Å². The monoisotopic (exact) mass is 377 g/mol. The highest BCUT2D eigenvalue weighted by molar-refractivity contribution is 5.92. The summed E-state index contributed by atoms with van der Waals surface area (Å²) in [5, 5.41) is 14.7. The van der Waals surface area contributed by atoms with Crippen LogP contribution < -0.4 is 10.6 Å². The Kier molecular flexibility index (Phi) is 8.06. The van der Waals surface area contributed by atoms with E-state index in [9.17, 15) is 4.79 Å². The van der Waals surface area contributed by atoms with Crippen molar-refractivity contribution in [1.29, 1.82) is 0 Å². The predicted molar refractivity (Wildman–Crippen MR) is 105 cm³/mol. The fourth-order valence-electron chi connectivity index (χ4n) is 3.36. The molecule has 1 aliphatic heterocycles. The molecule has 0 bridgehead atoms. The van der Waals surface area contributed by atoms with Crippen LogP contribution in [-0.2, 0) is 6.42 Å². The first-order chi connectivity index (χ1) is 12.3. The summed E-state index contributed by atoms with van der Waals surface area (Å²) in [5.41, 5.74) is 1.65. The molecule has 0 aliphatic carbocycles. The molecule has 1 atom stereocenters. The SMILES string of the molecule is CCCC(Cc1ccccc1)NC(=O)c1cn(C2CCNCC2)nn1.Cl. The van der Waals surface area contributed by atoms with E-state index in [-0.39, 0.29) is 24.4 Å². The lowest BCUT2D eigenvalue weighted by molar-refractivity contribution is 0.0929. The van der Waals surface area contributed by atoms with Crippen molar-refractivity contribution in [2.24, 2.45) is 0 Å². The van der Waals surface area contributed by atoms with Crippen molar-refractivity contribution >= 4 is 18.3 Å². The van der Waals surface area contributed by atoms with Crippen molar-refractivity contribution in [3.05, 3.63) is 47.8 Å². The van der Waals surface area contributed by atoms with E-state index in [0.29, 0.717) is 11.7 Å². The van der Waals surface area contributed by atoms with E-state index in [4.69, 9.17) is 0 Å². The van der Waals surface area contributed by atoms with Crippen LogP contribution >= 0.6 is 12.4 Å². The van der Waals surface area contributed by atoms with Crippen molar-refractivity contribution in [1.82, 2.24) is 25.6 Å². The molecule has 1 aromatic heterocycles. The maximum Gasteiger partial charge on any atom is 0.273 e. The van der Waals surface area contributed by atoms with Crippen LogP contribution in [0.4, 0.5) is 0 Å². The Bertz CT molecular complexity index is 670. The molecule has 2 N–H and O–H groups in total. The molecular formula is C19H28ClN5O. The molecule has 2 heterocycles. The first-order valence-electron chi connectivity index (χ1n) is 9.23. The number of nitrogens with one attached hydrogen (secondary N) is 2. The molecule has 1 unspecified atom stereocenters. The highest BCUT2D eigenvalue weighted by atomic mass is 35.5. The van der Waals surface area contributed by atoms with Crippen molar-refractivity contribution in [2.45, 2.75) is 51.1 Å². The maximum atomic E-state index is 12.6. The third kappa shape index (κ3) is 5.54. The van der Waals surface area contributed by atoms with Gasteiger partial charge in [-0.2, -0.15) is 0 Å². The summed E-state index contributed by atoms with van der Waals surface area (Å²) in [6.45, 7) is 4.11. The molecule has 0 saturated carbocycles. The van der Waals surface area contributed by atoms with Crippen LogP contribution in [0.5, 0.6) is 0 Å². The molecule has 26 heavy (non-hydrogen) atoms. The summed E-state index contributed by atoms with van der Waals surface area (Å²) in [7, 11) is 0. The fourth-order valence-corrected chi connectivity index (χ4v) is 3.36. The number of halogens is 1. The average Bonchev–Trinajstić information content (AvgIpc) is 3.14. The molecular weight excluding hydrogens is 350 g/mol. The molecule has 1 aromatic carbocycles. The van der Waals surface area contributed by atoms with Gasteiger partial charge in [0.25, 0.3) is 5.91 Å². The van der Waals surface area contributed by atoms with Gasteiger partial charge in [0, 0.05) is 6.04 Å². The van der Waals surface area contributed by atoms with Gasteiger partial charge in [-0.3, -0.25) is 4.79 Å². The Hall–Kier alpha value is -1.92. The first-order valence-corrected chi connectivity index (χ1v) is 9.23. The number of amides is 1. The normalized spacial score (nSPS) is 15.9. The zero-order valence-corrected chi connectivity index (χ0v) is 16.0. The summed E-state index contributed by atoms with van der Waals surface area (Å²) in [6, 6.07) is 10.7. The summed E-state index contributed by atoms with van der Waals surface area (Å²) >= 11 is 0. The summed E-state index contributed by atoms with van der Waals surface area (Å²) < 4.78 is 1.85. The standard InChI is InChI=1S/C19H27N5O.ClH/c1-2-6-16(13-15-7-4-3-5-8-15)21-19(25)18-14-24(23-22-18)17-9-11-20-12-10-17;/h3-5,7-8,14,16-17,20H,2,6,9-13H2,1H3,(H,21,25);1H. The molecule has 1 saturated heterocycles. The topological polar surface area (TPSA) is 71.8 Å². The molecule has 0 radical (unpaired) electrons. The Balaban J connectivity index is 0.00000243. The number of rotatable bonds is 7. The Morgan fingerprint density at radius 2 is 2.04 bits per heavy atom. The van der Waals surface area contributed by atoms with Gasteiger partial charge in [0.05, 0.1) is 12.2 Å². The van der Waals surface area contributed by atoms with Crippen LogP contribution in [-0.4, -0.2) is 40.0 Å². The largest absolute Gasteiger partial charge is 0.348 e. The molecule has 7 heteroatoms. The summed E-state index contributed by atoms with van der Waals surface area (Å²) in [5.74, 6) is -0.130. The van der Waals surface area contributed by atoms with Gasteiger partial charge in [0.15, 0.2) is 5.69 Å². The average molecular weight is 378 g/mol. The number of nitrogens with zero attached hydrogens (tertiary/aromatic N) is 3. The van der Waals surface area contributed by atoms with Crippen molar-refractivity contribution in [3.8, 4) is 0 Å². The highest BCUT2D eigenvalue weighted by Crippen LogP contribution is 2.17. The molecule has 6 nitrogen and oxygen atoms in total. The van der Waals surface area contributed by atoms with E-state index >= 15 is 0 Å². The predicted octanol–water partition coefficient (Wildman–Crippen LogP) is 2.77. The zero-order chi connectivity index (χ0) is 17.5. The second-order valence-corrected chi connectivity index (χ2v) is 6.71. The molecule has 142 valence electrons. The number of hydrogen-bond donors (Lipinski definition) is 2. The van der Waals surface area contributed by atoms with Crippen LogP contribution in [0.1, 0.15) is 54.7 Å². The van der Waals surface area contributed by atoms with Crippen molar-refractivity contribution < 1.29 is 4.79 Å². The fraction of sp³-hybridized carbons (Fsp3) is 0.526. The summed E-state index contributed by atoms with van der Waals surface area (Å²) in [4.78, 5) is 12.6. The number of aromatic nitrogens is 3. The van der Waals surface area contributed by atoms with Gasteiger partial charge in [-0.1, -0.05) is 48.9 Å². The van der Waals surface area contributed by atoms with Crippen LogP contribution in [0, 0.1) is 0 Å². The van der Waals surface area contributed by atoms with Crippen molar-refractivity contribution in [2.75, 3.05) is 13.1 Å². The maximum absolute atomic E-state index is 12.6. The van der Waals surface area contributed by atoms with E-state index in [1.165, 1.54) is 5.56 Å². The number of carbonyl (C=O) groups excluding carboxylic acids is 1. The second-order valence-electron chi connectivity index (χ2n) is 6.71. The Morgan fingerprint density at radius 1 is 1.31 bits per heavy atom. The number of hydrogen-bond acceptors (Lipinski definition) is 4. The molecule has 1 aliphatic rings. The minimum atomic E-state index is -0.130. The number of carbonyl (C=O) groups is 1. The quantitative estimate of drug-likeness (QED) is 0.778. The minimum Gasteiger partial charge on any atom is -0.348 e. The third-order valence-electron chi connectivity index (χ3n) is 4.72. The van der Waals surface area contributed by atoms with E-state index in [0.717, 1.165) is 45.2 Å². The van der Waals surface area contributed by atoms with Gasteiger partial charge < -0.3 is 10.6 Å². The summed E-state index contributed by atoms with van der Waals surface area (Å²) in [6.07, 6.45) is 6.65. The highest BCUT2D eigenvalue weighted by Gasteiger charge is 2.20. The van der Waals surface area contributed by atoms with E-state index < -0.39 is 0 Å². The number of benzene rings is 1. The van der Waals surface area contributed by atoms with E-state index in [1.54, 1.807) is 6.20 Å². The Labute approximate surface area is 161 Å². The lowest BCUT2D eigenvalue weighted by Gasteiger charge is -2.22. The van der Waals surface area contributed by atoms with E-state index in [2.05, 4.69) is 40.0 Å². The van der Waals surface area contributed by atoms with Gasteiger partial charge in [0.1, 0.15) is 0 Å². The van der Waals surface area contributed by atoms with Gasteiger partial charge in [-0.15, -0.1) is 17.5 Å². The lowest BCUT2D eigenvalue weighted by Crippen LogP contribution is -2.36. The van der Waals surface area contributed by atoms with Gasteiger partial charge in [0.2, 0.25) is 0 Å². The second kappa shape index (κ2) is 10.3. The van der Waals surface area contributed by atoms with Crippen LogP contribution in [0.2, 0.25) is 0 Å². The molecule has 2 aromatic rings. The van der Waals surface area contributed by atoms with Gasteiger partial charge >= 0.3 is 0 Å². The minimum absolute atomic E-state index is 0. The van der Waals surface area contributed by atoms with E-state index in [1.807, 2.05) is 22.9 Å². The zero-order valence-electron chi connectivity index (χ0n) is 15.2. The van der Waals surface area contributed by atoms with Gasteiger partial charge in [-0.05, 0) is 44.3 Å². The van der Waals surface area contributed by atoms with Crippen LogP contribution in [0.3, 0.4) is 0 Å². The first kappa shape index (κ1) is 20.4. The third-order valence-corrected chi connectivity index (χ3v) is 4.72.